The molecule has 0 bridgehead atoms. The van der Waals surface area contributed by atoms with Gasteiger partial charge in [0.2, 0.25) is 0 Å². The molecule has 3 N–H and O–H groups in total. The number of methoxy groups -OCH3 is 1. The quantitative estimate of drug-likeness (QED) is 0.603. The summed E-state index contributed by atoms with van der Waals surface area (Å²) in [6.07, 6.45) is 2.56. The van der Waals surface area contributed by atoms with Gasteiger partial charge in [0.25, 0.3) is 0 Å². The smallest absolute Gasteiger partial charge is 0.326 e. The molecular formula is C13H22N4O4. The molecule has 0 aliphatic carbocycles. The number of rotatable bonds is 8. The SMILES string of the molecule is COCCCC(NC(=O)NCc1cnn(C)c1C)C(=O)O. The second-order valence-electron chi connectivity index (χ2n) is 4.73. The number of carbonyl (C=O) groups is 2. The molecule has 1 atom stereocenters. The van der Waals surface area contributed by atoms with Crippen molar-refractivity contribution < 1.29 is 19.4 Å². The maximum absolute atomic E-state index is 11.7. The first-order chi connectivity index (χ1) is 9.95. The largest absolute Gasteiger partial charge is 0.480 e. The minimum Gasteiger partial charge on any atom is -0.480 e. The molecule has 1 aromatic heterocycles. The number of hydrogen-bond donors (Lipinski definition) is 3. The van der Waals surface area contributed by atoms with Gasteiger partial charge in [-0.1, -0.05) is 0 Å². The lowest BCUT2D eigenvalue weighted by atomic mass is 10.1. The van der Waals surface area contributed by atoms with Crippen molar-refractivity contribution in [3.05, 3.63) is 17.5 Å². The Morgan fingerprint density at radius 3 is 2.76 bits per heavy atom. The zero-order valence-electron chi connectivity index (χ0n) is 12.5. The molecule has 0 radical (unpaired) electrons. The maximum atomic E-state index is 11.7. The lowest BCUT2D eigenvalue weighted by Gasteiger charge is -2.15. The van der Waals surface area contributed by atoms with Gasteiger partial charge in [-0.15, -0.1) is 0 Å². The van der Waals surface area contributed by atoms with Crippen LogP contribution in [0.4, 0.5) is 4.79 Å². The number of nitrogens with zero attached hydrogens (tertiary/aromatic N) is 2. The van der Waals surface area contributed by atoms with E-state index in [-0.39, 0.29) is 0 Å². The second kappa shape index (κ2) is 8.25. The van der Waals surface area contributed by atoms with Crippen molar-refractivity contribution in [3.63, 3.8) is 0 Å². The summed E-state index contributed by atoms with van der Waals surface area (Å²) >= 11 is 0. The Morgan fingerprint density at radius 2 is 2.24 bits per heavy atom. The number of amides is 2. The van der Waals surface area contributed by atoms with Crippen LogP contribution in [-0.4, -0.2) is 46.6 Å². The molecule has 1 rings (SSSR count). The number of ether oxygens (including phenoxy) is 1. The second-order valence-corrected chi connectivity index (χ2v) is 4.73. The highest BCUT2D eigenvalue weighted by atomic mass is 16.5. The Labute approximate surface area is 123 Å². The molecule has 118 valence electrons. The van der Waals surface area contributed by atoms with E-state index in [9.17, 15) is 9.59 Å². The number of aromatic nitrogens is 2. The van der Waals surface area contributed by atoms with Crippen LogP contribution in [0.3, 0.4) is 0 Å². The van der Waals surface area contributed by atoms with E-state index in [0.29, 0.717) is 26.0 Å². The average molecular weight is 298 g/mol. The van der Waals surface area contributed by atoms with Crippen molar-refractivity contribution in [3.8, 4) is 0 Å². The van der Waals surface area contributed by atoms with E-state index in [1.165, 1.54) is 0 Å². The minimum absolute atomic E-state index is 0.302. The van der Waals surface area contributed by atoms with Gasteiger partial charge >= 0.3 is 12.0 Å². The van der Waals surface area contributed by atoms with Crippen molar-refractivity contribution in [2.75, 3.05) is 13.7 Å². The monoisotopic (exact) mass is 298 g/mol. The Kier molecular flexibility index (Phi) is 6.67. The van der Waals surface area contributed by atoms with Gasteiger partial charge in [-0.05, 0) is 19.8 Å². The Hall–Kier alpha value is -2.09. The summed E-state index contributed by atoms with van der Waals surface area (Å²) < 4.78 is 6.58. The number of carbonyl (C=O) groups excluding carboxylic acids is 1. The number of carboxylic acid groups (broad SMARTS) is 1. The molecule has 8 heteroatoms. The fourth-order valence-electron chi connectivity index (χ4n) is 1.79. The molecule has 0 aromatic carbocycles. The molecule has 0 spiro atoms. The van der Waals surface area contributed by atoms with Crippen LogP contribution in [0.1, 0.15) is 24.1 Å². The predicted molar refractivity (Wildman–Crippen MR) is 75.9 cm³/mol. The number of aliphatic carboxylic acids is 1. The molecular weight excluding hydrogens is 276 g/mol. The van der Waals surface area contributed by atoms with Crippen LogP contribution in [0.5, 0.6) is 0 Å². The van der Waals surface area contributed by atoms with Gasteiger partial charge in [-0.25, -0.2) is 9.59 Å². The summed E-state index contributed by atoms with van der Waals surface area (Å²) in [6.45, 7) is 2.66. The lowest BCUT2D eigenvalue weighted by Crippen LogP contribution is -2.45. The molecule has 0 saturated heterocycles. The summed E-state index contributed by atoms with van der Waals surface area (Å²) in [5, 5.41) is 18.2. The third-order valence-electron chi connectivity index (χ3n) is 3.22. The summed E-state index contributed by atoms with van der Waals surface area (Å²) in [5.41, 5.74) is 1.84. The Bertz CT molecular complexity index is 487. The molecule has 21 heavy (non-hydrogen) atoms. The first-order valence-electron chi connectivity index (χ1n) is 6.69. The summed E-state index contributed by atoms with van der Waals surface area (Å²) in [6, 6.07) is -1.43. The zero-order valence-corrected chi connectivity index (χ0v) is 12.5. The highest BCUT2D eigenvalue weighted by Gasteiger charge is 2.19. The molecule has 8 nitrogen and oxygen atoms in total. The van der Waals surface area contributed by atoms with Crippen LogP contribution in [-0.2, 0) is 23.1 Å². The fraction of sp³-hybridized carbons (Fsp3) is 0.615. The van der Waals surface area contributed by atoms with E-state index in [2.05, 4.69) is 15.7 Å². The topological polar surface area (TPSA) is 105 Å². The van der Waals surface area contributed by atoms with Gasteiger partial charge in [0.05, 0.1) is 6.20 Å². The number of nitrogens with one attached hydrogen (secondary N) is 2. The molecule has 0 aliphatic rings. The minimum atomic E-state index is -1.06. The van der Waals surface area contributed by atoms with Crippen LogP contribution >= 0.6 is 0 Å². The van der Waals surface area contributed by atoms with Crippen LogP contribution in [0.2, 0.25) is 0 Å². The molecule has 0 fully saturated rings. The Balaban J connectivity index is 2.43. The van der Waals surface area contributed by atoms with E-state index < -0.39 is 18.0 Å². The summed E-state index contributed by atoms with van der Waals surface area (Å²) in [4.78, 5) is 22.8. The summed E-state index contributed by atoms with van der Waals surface area (Å²) in [5.74, 6) is -1.06. The van der Waals surface area contributed by atoms with Crippen LogP contribution < -0.4 is 10.6 Å². The van der Waals surface area contributed by atoms with E-state index in [1.54, 1.807) is 18.0 Å². The van der Waals surface area contributed by atoms with Crippen LogP contribution in [0, 0.1) is 6.92 Å². The van der Waals surface area contributed by atoms with E-state index in [1.807, 2.05) is 14.0 Å². The predicted octanol–water partition coefficient (Wildman–Crippen LogP) is 0.408. The van der Waals surface area contributed by atoms with Crippen molar-refractivity contribution in [1.29, 1.82) is 0 Å². The van der Waals surface area contributed by atoms with Crippen molar-refractivity contribution in [2.24, 2.45) is 7.05 Å². The zero-order chi connectivity index (χ0) is 15.8. The third-order valence-corrected chi connectivity index (χ3v) is 3.22. The van der Waals surface area contributed by atoms with E-state index >= 15 is 0 Å². The summed E-state index contributed by atoms with van der Waals surface area (Å²) in [7, 11) is 3.36. The Morgan fingerprint density at radius 1 is 1.52 bits per heavy atom. The van der Waals surface area contributed by atoms with Gasteiger partial charge in [-0.3, -0.25) is 4.68 Å². The number of hydrogen-bond acceptors (Lipinski definition) is 4. The van der Waals surface area contributed by atoms with Crippen molar-refractivity contribution >= 4 is 12.0 Å². The normalized spacial score (nSPS) is 12.0. The molecule has 1 unspecified atom stereocenters. The highest BCUT2D eigenvalue weighted by molar-refractivity contribution is 5.82. The highest BCUT2D eigenvalue weighted by Crippen LogP contribution is 2.04. The van der Waals surface area contributed by atoms with E-state index in [0.717, 1.165) is 11.3 Å². The van der Waals surface area contributed by atoms with Gasteiger partial charge in [-0.2, -0.15) is 5.10 Å². The third kappa shape index (κ3) is 5.42. The standard InChI is InChI=1S/C13H22N4O4/c1-9-10(8-15-17(9)2)7-14-13(20)16-11(12(18)19)5-4-6-21-3/h8,11H,4-7H2,1-3H3,(H,18,19)(H2,14,16,20). The van der Waals surface area contributed by atoms with Gasteiger partial charge in [0.1, 0.15) is 6.04 Å². The van der Waals surface area contributed by atoms with Crippen LogP contribution in [0.15, 0.2) is 6.20 Å². The number of urea groups is 1. The molecule has 2 amide bonds. The van der Waals surface area contributed by atoms with Gasteiger partial charge < -0.3 is 20.5 Å². The molecule has 1 heterocycles. The fourth-order valence-corrected chi connectivity index (χ4v) is 1.79. The van der Waals surface area contributed by atoms with Gasteiger partial charge in [0, 0.05) is 38.6 Å². The average Bonchev–Trinajstić information content (AvgIpc) is 2.75. The first-order valence-corrected chi connectivity index (χ1v) is 6.69. The lowest BCUT2D eigenvalue weighted by molar-refractivity contribution is -0.139. The van der Waals surface area contributed by atoms with Crippen LogP contribution in [0.25, 0.3) is 0 Å². The van der Waals surface area contributed by atoms with Gasteiger partial charge in [0.15, 0.2) is 0 Å². The molecule has 0 saturated carbocycles. The first kappa shape index (κ1) is 17.0. The maximum Gasteiger partial charge on any atom is 0.326 e. The van der Waals surface area contributed by atoms with Crippen molar-refractivity contribution in [1.82, 2.24) is 20.4 Å². The van der Waals surface area contributed by atoms with Crippen molar-refractivity contribution in [2.45, 2.75) is 32.4 Å². The molecule has 1 aromatic rings. The van der Waals surface area contributed by atoms with E-state index in [4.69, 9.17) is 9.84 Å². The molecule has 0 aliphatic heterocycles. The number of aryl methyl sites for hydroxylation is 1. The number of carboxylic acids is 1.